The number of ether oxygens (including phenoxy) is 1. The minimum Gasteiger partial charge on any atom is -0.497 e. The molecule has 4 rings (SSSR count). The van der Waals surface area contributed by atoms with Crippen LogP contribution in [0.25, 0.3) is 34.3 Å². The molecule has 0 bridgehead atoms. The van der Waals surface area contributed by atoms with Gasteiger partial charge < -0.3 is 4.74 Å². The van der Waals surface area contributed by atoms with Gasteiger partial charge in [-0.2, -0.15) is 5.10 Å². The number of hydrogen-bond acceptors (Lipinski definition) is 2. The van der Waals surface area contributed by atoms with Crippen LogP contribution in [0.3, 0.4) is 0 Å². The molecule has 0 aliphatic rings. The van der Waals surface area contributed by atoms with E-state index in [1.165, 1.54) is 0 Å². The van der Waals surface area contributed by atoms with Gasteiger partial charge in [0, 0.05) is 11.6 Å². The summed E-state index contributed by atoms with van der Waals surface area (Å²) in [4.78, 5) is 0. The highest BCUT2D eigenvalue weighted by atomic mass is 16.5. The van der Waals surface area contributed by atoms with Crippen LogP contribution in [0, 0.1) is 0 Å². The summed E-state index contributed by atoms with van der Waals surface area (Å²) in [6, 6.07) is 24.7. The topological polar surface area (TPSA) is 27.1 Å². The highest BCUT2D eigenvalue weighted by Crippen LogP contribution is 2.26. The van der Waals surface area contributed by atoms with Crippen molar-refractivity contribution in [1.29, 1.82) is 0 Å². The molecule has 0 saturated heterocycles. The van der Waals surface area contributed by atoms with Gasteiger partial charge in [0.1, 0.15) is 5.75 Å². The molecular weight excluding hydrogens is 308 g/mol. The summed E-state index contributed by atoms with van der Waals surface area (Å²) in [5, 5.41) is 5.60. The van der Waals surface area contributed by atoms with E-state index < -0.39 is 0 Å². The average molecular weight is 326 g/mol. The van der Waals surface area contributed by atoms with Crippen molar-refractivity contribution >= 4 is 23.2 Å². The van der Waals surface area contributed by atoms with Crippen molar-refractivity contribution in [1.82, 2.24) is 9.78 Å². The first-order valence-electron chi connectivity index (χ1n) is 8.18. The molecule has 0 atom stereocenters. The molecule has 122 valence electrons. The number of fused-ring (bicyclic) bond motifs is 1. The fourth-order valence-corrected chi connectivity index (χ4v) is 2.84. The maximum atomic E-state index is 5.23. The molecule has 0 aliphatic heterocycles. The highest BCUT2D eigenvalue weighted by Gasteiger charge is 2.04. The SMILES string of the molecule is COc1ccc(-c2ccc3cnn(C=Cc4ccccc4)c3c2)cc1. The molecule has 3 nitrogen and oxygen atoms in total. The average Bonchev–Trinajstić information content (AvgIpc) is 3.09. The lowest BCUT2D eigenvalue weighted by atomic mass is 10.0. The smallest absolute Gasteiger partial charge is 0.118 e. The second-order valence-corrected chi connectivity index (χ2v) is 5.82. The lowest BCUT2D eigenvalue weighted by molar-refractivity contribution is 0.415. The lowest BCUT2D eigenvalue weighted by Gasteiger charge is -2.05. The molecule has 3 aromatic carbocycles. The van der Waals surface area contributed by atoms with Crippen LogP contribution in [0.2, 0.25) is 0 Å². The third-order valence-corrected chi connectivity index (χ3v) is 4.23. The molecule has 1 aromatic heterocycles. The summed E-state index contributed by atoms with van der Waals surface area (Å²) in [6.45, 7) is 0. The Morgan fingerprint density at radius 3 is 2.40 bits per heavy atom. The van der Waals surface area contributed by atoms with Gasteiger partial charge in [0.25, 0.3) is 0 Å². The fraction of sp³-hybridized carbons (Fsp3) is 0.0455. The summed E-state index contributed by atoms with van der Waals surface area (Å²) in [5.41, 5.74) is 4.55. The van der Waals surface area contributed by atoms with E-state index in [1.54, 1.807) is 7.11 Å². The van der Waals surface area contributed by atoms with Crippen molar-refractivity contribution < 1.29 is 4.74 Å². The first-order chi connectivity index (χ1) is 12.3. The Labute approximate surface area is 146 Å². The molecule has 4 aromatic rings. The van der Waals surface area contributed by atoms with Gasteiger partial charge in [-0.05, 0) is 41.0 Å². The van der Waals surface area contributed by atoms with E-state index in [9.17, 15) is 0 Å². The molecule has 0 amide bonds. The predicted octanol–water partition coefficient (Wildman–Crippen LogP) is 5.34. The third-order valence-electron chi connectivity index (χ3n) is 4.23. The largest absolute Gasteiger partial charge is 0.497 e. The van der Waals surface area contributed by atoms with Crippen molar-refractivity contribution in [3.05, 3.63) is 84.6 Å². The first kappa shape index (κ1) is 15.2. The van der Waals surface area contributed by atoms with E-state index in [0.717, 1.165) is 33.3 Å². The number of aromatic nitrogens is 2. The third kappa shape index (κ3) is 3.17. The van der Waals surface area contributed by atoms with Crippen LogP contribution in [0.5, 0.6) is 5.75 Å². The van der Waals surface area contributed by atoms with E-state index >= 15 is 0 Å². The highest BCUT2D eigenvalue weighted by molar-refractivity contribution is 5.86. The summed E-state index contributed by atoms with van der Waals surface area (Å²) < 4.78 is 7.14. The van der Waals surface area contributed by atoms with Gasteiger partial charge in [-0.15, -0.1) is 0 Å². The molecule has 0 unspecified atom stereocenters. The molecule has 1 heterocycles. The van der Waals surface area contributed by atoms with Crippen molar-refractivity contribution in [3.63, 3.8) is 0 Å². The van der Waals surface area contributed by atoms with Gasteiger partial charge in [0.05, 0.1) is 18.8 Å². The molecule has 0 saturated carbocycles. The van der Waals surface area contributed by atoms with Crippen molar-refractivity contribution in [3.8, 4) is 16.9 Å². The zero-order chi connectivity index (χ0) is 17.1. The minimum atomic E-state index is 0.862. The Balaban J connectivity index is 1.71. The van der Waals surface area contributed by atoms with Gasteiger partial charge in [0.15, 0.2) is 0 Å². The number of benzene rings is 3. The molecular formula is C22H18N2O. The maximum Gasteiger partial charge on any atom is 0.118 e. The van der Waals surface area contributed by atoms with Gasteiger partial charge in [0.2, 0.25) is 0 Å². The van der Waals surface area contributed by atoms with Crippen LogP contribution in [-0.4, -0.2) is 16.9 Å². The van der Waals surface area contributed by atoms with Gasteiger partial charge in [-0.25, -0.2) is 4.68 Å². The van der Waals surface area contributed by atoms with Crippen LogP contribution in [-0.2, 0) is 0 Å². The molecule has 3 heteroatoms. The molecule has 0 aliphatic carbocycles. The standard InChI is InChI=1S/C22H18N2O/c1-25-21-11-9-18(10-12-21)19-7-8-20-16-23-24(22(20)15-19)14-13-17-5-3-2-4-6-17/h2-16H,1H3. The van der Waals surface area contributed by atoms with Gasteiger partial charge >= 0.3 is 0 Å². The lowest BCUT2D eigenvalue weighted by Crippen LogP contribution is -1.88. The number of rotatable bonds is 4. The first-order valence-corrected chi connectivity index (χ1v) is 8.18. The quantitative estimate of drug-likeness (QED) is 0.506. The zero-order valence-corrected chi connectivity index (χ0v) is 14.0. The predicted molar refractivity (Wildman–Crippen MR) is 103 cm³/mol. The van der Waals surface area contributed by atoms with Crippen LogP contribution >= 0.6 is 0 Å². The summed E-state index contributed by atoms with van der Waals surface area (Å²) in [5.74, 6) is 0.862. The van der Waals surface area contributed by atoms with Crippen molar-refractivity contribution in [2.45, 2.75) is 0 Å². The summed E-state index contributed by atoms with van der Waals surface area (Å²) >= 11 is 0. The summed E-state index contributed by atoms with van der Waals surface area (Å²) in [7, 11) is 1.68. The summed E-state index contributed by atoms with van der Waals surface area (Å²) in [6.07, 6.45) is 5.95. The number of hydrogen-bond donors (Lipinski definition) is 0. The Kier molecular flexibility index (Phi) is 4.05. The maximum absolute atomic E-state index is 5.23. The van der Waals surface area contributed by atoms with Crippen LogP contribution in [0.15, 0.2) is 79.0 Å². The van der Waals surface area contributed by atoms with Gasteiger partial charge in [-0.3, -0.25) is 0 Å². The Hall–Kier alpha value is -3.33. The molecule has 25 heavy (non-hydrogen) atoms. The van der Waals surface area contributed by atoms with E-state index in [2.05, 4.69) is 53.6 Å². The molecule has 0 spiro atoms. The van der Waals surface area contributed by atoms with Crippen LogP contribution in [0.4, 0.5) is 0 Å². The van der Waals surface area contributed by atoms with E-state index in [1.807, 2.05) is 47.4 Å². The van der Waals surface area contributed by atoms with Crippen molar-refractivity contribution in [2.24, 2.45) is 0 Å². The van der Waals surface area contributed by atoms with Crippen LogP contribution < -0.4 is 4.74 Å². The van der Waals surface area contributed by atoms with E-state index in [-0.39, 0.29) is 0 Å². The second kappa shape index (κ2) is 6.65. The minimum absolute atomic E-state index is 0.862. The Morgan fingerprint density at radius 2 is 1.64 bits per heavy atom. The fourth-order valence-electron chi connectivity index (χ4n) is 2.84. The normalized spacial score (nSPS) is 11.2. The number of nitrogens with zero attached hydrogens (tertiary/aromatic N) is 2. The van der Waals surface area contributed by atoms with E-state index in [0.29, 0.717) is 0 Å². The second-order valence-electron chi connectivity index (χ2n) is 5.82. The van der Waals surface area contributed by atoms with Crippen LogP contribution in [0.1, 0.15) is 5.56 Å². The number of methoxy groups -OCH3 is 1. The molecule has 0 N–H and O–H groups in total. The molecule has 0 fully saturated rings. The van der Waals surface area contributed by atoms with Gasteiger partial charge in [-0.1, -0.05) is 54.6 Å². The monoisotopic (exact) mass is 326 g/mol. The zero-order valence-electron chi connectivity index (χ0n) is 14.0. The Morgan fingerprint density at radius 1 is 0.880 bits per heavy atom. The molecule has 0 radical (unpaired) electrons. The van der Waals surface area contributed by atoms with E-state index in [4.69, 9.17) is 4.74 Å². The Bertz CT molecular complexity index is 1020. The van der Waals surface area contributed by atoms with Crippen molar-refractivity contribution in [2.75, 3.05) is 7.11 Å².